The van der Waals surface area contributed by atoms with Crippen LogP contribution in [0.15, 0.2) is 35.6 Å². The number of hydrogen-bond acceptors (Lipinski definition) is 9. The zero-order chi connectivity index (χ0) is 24.9. The molecule has 3 aliphatic rings. The van der Waals surface area contributed by atoms with Crippen LogP contribution in [-0.4, -0.2) is 84.7 Å². The van der Waals surface area contributed by atoms with E-state index in [0.29, 0.717) is 32.0 Å². The number of rotatable bonds is 6. The van der Waals surface area contributed by atoms with Gasteiger partial charge in [0, 0.05) is 54.9 Å². The van der Waals surface area contributed by atoms with Crippen LogP contribution in [0.5, 0.6) is 11.6 Å². The fourth-order valence-electron chi connectivity index (χ4n) is 5.26. The van der Waals surface area contributed by atoms with E-state index in [2.05, 4.69) is 37.4 Å². The number of nitrogens with one attached hydrogen (secondary N) is 2. The Balaban J connectivity index is 1.28. The SMILES string of the molecule is [2H]COc1cc(-c2ccc3c(c2Nc2n[nH]c(S(=O)(=O)N4CC5(CCN(C)C5)C4)n2)CCO3)ccn1. The minimum Gasteiger partial charge on any atom is -0.493 e. The van der Waals surface area contributed by atoms with Crippen LogP contribution in [0.3, 0.4) is 0 Å². The number of aromatic amines is 1. The van der Waals surface area contributed by atoms with Crippen LogP contribution >= 0.6 is 0 Å². The van der Waals surface area contributed by atoms with E-state index in [4.69, 9.17) is 10.8 Å². The van der Waals surface area contributed by atoms with Gasteiger partial charge in [-0.15, -0.1) is 5.10 Å². The quantitative estimate of drug-likeness (QED) is 0.524. The Bertz CT molecular complexity index is 1410. The van der Waals surface area contributed by atoms with Crippen molar-refractivity contribution in [2.45, 2.75) is 18.0 Å². The highest BCUT2D eigenvalue weighted by Crippen LogP contribution is 2.42. The molecule has 184 valence electrons. The van der Waals surface area contributed by atoms with Crippen LogP contribution in [-0.2, 0) is 16.4 Å². The molecule has 2 aromatic heterocycles. The summed E-state index contributed by atoms with van der Waals surface area (Å²) in [5, 5.41) is 9.82. The minimum absolute atomic E-state index is 0.0511. The van der Waals surface area contributed by atoms with E-state index in [1.54, 1.807) is 12.3 Å². The number of nitrogens with zero attached hydrogens (tertiary/aromatic N) is 5. The summed E-state index contributed by atoms with van der Waals surface area (Å²) >= 11 is 0. The van der Waals surface area contributed by atoms with Gasteiger partial charge in [-0.2, -0.15) is 9.29 Å². The van der Waals surface area contributed by atoms with Crippen molar-refractivity contribution < 1.29 is 19.3 Å². The summed E-state index contributed by atoms with van der Waals surface area (Å²) in [6.07, 6.45) is 3.31. The van der Waals surface area contributed by atoms with E-state index in [1.165, 1.54) is 4.31 Å². The van der Waals surface area contributed by atoms with Gasteiger partial charge < -0.3 is 19.7 Å². The topological polar surface area (TPSA) is 126 Å². The van der Waals surface area contributed by atoms with Crippen LogP contribution in [0.4, 0.5) is 11.6 Å². The molecule has 0 saturated carbocycles. The number of hydrogen-bond donors (Lipinski definition) is 2. The molecule has 35 heavy (non-hydrogen) atoms. The summed E-state index contributed by atoms with van der Waals surface area (Å²) in [7, 11) is -1.93. The number of likely N-dealkylation sites (tertiary alicyclic amines) is 1. The third-order valence-corrected chi connectivity index (χ3v) is 8.62. The first-order valence-corrected chi connectivity index (χ1v) is 12.9. The van der Waals surface area contributed by atoms with Crippen LogP contribution in [0.25, 0.3) is 11.1 Å². The maximum atomic E-state index is 13.2. The lowest BCUT2D eigenvalue weighted by Gasteiger charge is -2.46. The molecule has 3 aliphatic heterocycles. The van der Waals surface area contributed by atoms with E-state index in [-0.39, 0.29) is 23.6 Å². The van der Waals surface area contributed by atoms with Crippen LogP contribution in [0, 0.1) is 5.41 Å². The predicted molar refractivity (Wildman–Crippen MR) is 128 cm³/mol. The van der Waals surface area contributed by atoms with Crippen LogP contribution < -0.4 is 14.8 Å². The van der Waals surface area contributed by atoms with Gasteiger partial charge in [0.15, 0.2) is 0 Å². The van der Waals surface area contributed by atoms with Gasteiger partial charge in [-0.3, -0.25) is 0 Å². The number of H-pyrrole nitrogens is 1. The Kier molecular flexibility index (Phi) is 4.93. The number of pyridine rings is 1. The summed E-state index contributed by atoms with van der Waals surface area (Å²) in [4.78, 5) is 10.7. The smallest absolute Gasteiger partial charge is 0.278 e. The zero-order valence-electron chi connectivity index (χ0n) is 20.3. The van der Waals surface area contributed by atoms with Crippen molar-refractivity contribution in [3.8, 4) is 22.8 Å². The van der Waals surface area contributed by atoms with Crippen molar-refractivity contribution in [2.75, 3.05) is 52.2 Å². The molecular weight excluding hydrogens is 470 g/mol. The number of benzene rings is 1. The molecule has 6 rings (SSSR count). The number of anilines is 2. The summed E-state index contributed by atoms with van der Waals surface area (Å²) in [5.74, 6) is 1.26. The van der Waals surface area contributed by atoms with E-state index in [0.717, 1.165) is 47.6 Å². The molecule has 0 radical (unpaired) electrons. The Morgan fingerprint density at radius 2 is 2.17 bits per heavy atom. The van der Waals surface area contributed by atoms with Crippen molar-refractivity contribution in [3.05, 3.63) is 36.0 Å². The Morgan fingerprint density at radius 1 is 1.29 bits per heavy atom. The fourth-order valence-corrected chi connectivity index (χ4v) is 6.75. The lowest BCUT2D eigenvalue weighted by molar-refractivity contribution is 0.0807. The highest BCUT2D eigenvalue weighted by molar-refractivity contribution is 7.89. The standard InChI is InChI=1S/C23H27N7O4S/c1-29-9-7-23(12-29)13-30(14-23)35(31,32)22-26-21(27-28-22)25-20-16(3-4-18-17(20)6-10-34-18)15-5-8-24-19(11-15)33-2/h3-5,8,11H,6-7,9-10,12-14H2,1-2H3,(H2,25,26,27,28)/i2D. The third-order valence-electron chi connectivity index (χ3n) is 7.01. The maximum absolute atomic E-state index is 13.2. The van der Waals surface area contributed by atoms with Gasteiger partial charge in [0.2, 0.25) is 11.8 Å². The van der Waals surface area contributed by atoms with Gasteiger partial charge in [0.25, 0.3) is 15.2 Å². The Labute approximate surface area is 204 Å². The second-order valence-electron chi connectivity index (χ2n) is 9.44. The van der Waals surface area contributed by atoms with E-state index in [9.17, 15) is 8.42 Å². The fraction of sp³-hybridized carbons (Fsp3) is 0.435. The average molecular weight is 499 g/mol. The average Bonchev–Trinajstić information content (AvgIpc) is 3.58. The molecule has 0 bridgehead atoms. The van der Waals surface area contributed by atoms with Crippen molar-refractivity contribution in [2.24, 2.45) is 5.41 Å². The predicted octanol–water partition coefficient (Wildman–Crippen LogP) is 1.88. The van der Waals surface area contributed by atoms with Crippen molar-refractivity contribution in [3.63, 3.8) is 0 Å². The molecule has 11 nitrogen and oxygen atoms in total. The van der Waals surface area contributed by atoms with E-state index >= 15 is 0 Å². The summed E-state index contributed by atoms with van der Waals surface area (Å²) in [6, 6.07) is 7.41. The molecule has 0 unspecified atom stereocenters. The van der Waals surface area contributed by atoms with Crippen LogP contribution in [0.1, 0.15) is 13.4 Å². The lowest BCUT2D eigenvalue weighted by Crippen LogP contribution is -2.59. The monoisotopic (exact) mass is 498 g/mol. The van der Waals surface area contributed by atoms with Crippen LogP contribution in [0.2, 0.25) is 0 Å². The van der Waals surface area contributed by atoms with Crippen molar-refractivity contribution in [1.82, 2.24) is 29.4 Å². The van der Waals surface area contributed by atoms with Gasteiger partial charge >= 0.3 is 0 Å². The first-order valence-electron chi connectivity index (χ1n) is 12.1. The molecule has 1 spiro atoms. The molecule has 1 aromatic carbocycles. The molecule has 5 heterocycles. The molecule has 3 aromatic rings. The van der Waals surface area contributed by atoms with Crippen molar-refractivity contribution in [1.29, 1.82) is 0 Å². The summed E-state index contributed by atoms with van der Waals surface area (Å²) in [6.45, 7) is 3.46. The Hall–Kier alpha value is -3.22. The largest absolute Gasteiger partial charge is 0.493 e. The second kappa shape index (κ2) is 8.18. The summed E-state index contributed by atoms with van der Waals surface area (Å²) < 4.78 is 46.1. The molecule has 2 fully saturated rings. The number of aromatic nitrogens is 4. The molecule has 2 saturated heterocycles. The highest BCUT2D eigenvalue weighted by atomic mass is 32.2. The minimum atomic E-state index is -3.76. The number of sulfonamides is 1. The molecule has 2 N–H and O–H groups in total. The van der Waals surface area contributed by atoms with Gasteiger partial charge in [0.1, 0.15) is 5.75 Å². The molecule has 0 aliphatic carbocycles. The molecule has 0 amide bonds. The number of methoxy groups -OCH3 is 1. The molecule has 0 atom stereocenters. The van der Waals surface area contributed by atoms with Gasteiger partial charge in [0.05, 0.1) is 20.8 Å². The van der Waals surface area contributed by atoms with Gasteiger partial charge in [-0.05, 0) is 43.8 Å². The van der Waals surface area contributed by atoms with E-state index < -0.39 is 10.0 Å². The van der Waals surface area contributed by atoms with E-state index in [1.807, 2.05) is 18.2 Å². The van der Waals surface area contributed by atoms with Gasteiger partial charge in [-0.1, -0.05) is 0 Å². The third kappa shape index (κ3) is 3.81. The zero-order valence-corrected chi connectivity index (χ0v) is 20.1. The maximum Gasteiger partial charge on any atom is 0.278 e. The molecular formula is C23H27N7O4S. The summed E-state index contributed by atoms with van der Waals surface area (Å²) in [5.41, 5.74) is 3.39. The Morgan fingerprint density at radius 3 is 2.97 bits per heavy atom. The normalized spacial score (nSPS) is 19.7. The first kappa shape index (κ1) is 21.1. The second-order valence-corrected chi connectivity index (χ2v) is 11.3. The molecule has 12 heteroatoms. The lowest BCUT2D eigenvalue weighted by atomic mass is 9.81. The van der Waals surface area contributed by atoms with Crippen molar-refractivity contribution >= 4 is 21.7 Å². The number of fused-ring (bicyclic) bond motifs is 1. The van der Waals surface area contributed by atoms with Gasteiger partial charge in [-0.25, -0.2) is 18.5 Å². The first-order chi connectivity index (χ1) is 17.4. The number of ether oxygens (including phenoxy) is 2. The highest BCUT2D eigenvalue weighted by Gasteiger charge is 2.51.